The van der Waals surface area contributed by atoms with E-state index in [0.29, 0.717) is 0 Å². The van der Waals surface area contributed by atoms with Gasteiger partial charge in [0.25, 0.3) is 0 Å². The van der Waals surface area contributed by atoms with E-state index in [0.717, 1.165) is 26.1 Å². The van der Waals surface area contributed by atoms with Crippen molar-refractivity contribution in [1.82, 2.24) is 0 Å². The first-order valence-corrected chi connectivity index (χ1v) is 3.46. The summed E-state index contributed by atoms with van der Waals surface area (Å²) in [6.45, 7) is 5.63. The molecule has 0 aliphatic heterocycles. The van der Waals surface area contributed by atoms with Gasteiger partial charge in [0.15, 0.2) is 0 Å². The van der Waals surface area contributed by atoms with Crippen LogP contribution in [0.5, 0.6) is 0 Å². The van der Waals surface area contributed by atoms with Gasteiger partial charge in [0.1, 0.15) is 0 Å². The van der Waals surface area contributed by atoms with Crippen LogP contribution < -0.4 is 0 Å². The van der Waals surface area contributed by atoms with Crippen LogP contribution in [0.2, 0.25) is 0 Å². The normalized spacial score (nSPS) is 9.56. The van der Waals surface area contributed by atoms with Crippen molar-refractivity contribution < 1.29 is 9.31 Å². The average Bonchev–Trinajstić information content (AvgIpc) is 1.89. The minimum atomic E-state index is 0.754. The second-order valence-corrected chi connectivity index (χ2v) is 1.84. The fourth-order valence-corrected chi connectivity index (χ4v) is 0.380. The maximum atomic E-state index is 4.94. The van der Waals surface area contributed by atoms with Crippen LogP contribution in [-0.2, 0) is 9.31 Å². The zero-order valence-electron chi connectivity index (χ0n) is 6.22. The molecule has 53 valence electrons. The third-order valence-electron chi connectivity index (χ3n) is 0.780. The molecule has 3 heteroatoms. The maximum absolute atomic E-state index is 4.94. The van der Waals surface area contributed by atoms with Crippen molar-refractivity contribution in [3.63, 3.8) is 0 Å². The molecule has 0 aromatic heterocycles. The molecule has 0 saturated carbocycles. The first-order chi connectivity index (χ1) is 4.41. The van der Waals surface area contributed by atoms with Gasteiger partial charge in [-0.3, -0.25) is 0 Å². The Morgan fingerprint density at radius 2 is 1.44 bits per heavy atom. The molecule has 0 atom stereocenters. The number of hydrogen-bond donors (Lipinski definition) is 0. The van der Waals surface area contributed by atoms with Crippen LogP contribution in [-0.4, -0.2) is 20.9 Å². The minimum Gasteiger partial charge on any atom is -0.413 e. The molecule has 0 unspecified atom stereocenters. The third kappa shape index (κ3) is 7.98. The Morgan fingerprint density at radius 3 is 1.78 bits per heavy atom. The molecule has 1 radical (unpaired) electrons. The Balaban J connectivity index is 2.60. The lowest BCUT2D eigenvalue weighted by atomic mass is 10.3. The smallest absolute Gasteiger partial charge is 0.413 e. The van der Waals surface area contributed by atoms with E-state index in [-0.39, 0.29) is 0 Å². The summed E-state index contributed by atoms with van der Waals surface area (Å²) in [5.74, 6) is 0. The van der Waals surface area contributed by atoms with Crippen molar-refractivity contribution >= 4 is 7.69 Å². The second-order valence-electron chi connectivity index (χ2n) is 1.84. The molecule has 0 N–H and O–H groups in total. The van der Waals surface area contributed by atoms with Crippen LogP contribution in [0, 0.1) is 0 Å². The van der Waals surface area contributed by atoms with E-state index in [2.05, 4.69) is 13.8 Å². The van der Waals surface area contributed by atoms with Crippen LogP contribution in [0.15, 0.2) is 0 Å². The number of rotatable bonds is 6. The van der Waals surface area contributed by atoms with E-state index < -0.39 is 0 Å². The van der Waals surface area contributed by atoms with Crippen LogP contribution in [0.3, 0.4) is 0 Å². The van der Waals surface area contributed by atoms with Gasteiger partial charge in [0, 0.05) is 13.2 Å². The first kappa shape index (κ1) is 8.98. The lowest BCUT2D eigenvalue weighted by Crippen LogP contribution is -2.05. The molecular weight excluding hydrogens is 115 g/mol. The molecule has 0 fully saturated rings. The SMILES string of the molecule is CCCO[B]OCCC. The largest absolute Gasteiger partial charge is 0.487 e. The average molecular weight is 129 g/mol. The molecule has 0 spiro atoms. The van der Waals surface area contributed by atoms with Crippen molar-refractivity contribution in [2.24, 2.45) is 0 Å². The number of hydrogen-bond acceptors (Lipinski definition) is 2. The highest BCUT2D eigenvalue weighted by Crippen LogP contribution is 1.81. The van der Waals surface area contributed by atoms with E-state index in [4.69, 9.17) is 9.31 Å². The zero-order chi connectivity index (χ0) is 6.95. The lowest BCUT2D eigenvalue weighted by molar-refractivity contribution is 0.222. The molecule has 9 heavy (non-hydrogen) atoms. The Morgan fingerprint density at radius 1 is 1.00 bits per heavy atom. The standard InChI is InChI=1S/C6H14BO2/c1-3-5-8-7-9-6-4-2/h3-6H2,1-2H3. The molecule has 0 aliphatic carbocycles. The summed E-state index contributed by atoms with van der Waals surface area (Å²) < 4.78 is 9.88. The highest BCUT2D eigenvalue weighted by Gasteiger charge is 1.89. The molecular formula is C6H14BO2. The highest BCUT2D eigenvalue weighted by molar-refractivity contribution is 6.17. The van der Waals surface area contributed by atoms with Gasteiger partial charge in [0.05, 0.1) is 0 Å². The van der Waals surface area contributed by atoms with Crippen molar-refractivity contribution in [2.45, 2.75) is 26.7 Å². The Labute approximate surface area is 57.8 Å². The Bertz CT molecular complexity index is 44.3. The lowest BCUT2D eigenvalue weighted by Gasteiger charge is -1.98. The van der Waals surface area contributed by atoms with E-state index >= 15 is 0 Å². The maximum Gasteiger partial charge on any atom is 0.487 e. The van der Waals surface area contributed by atoms with Gasteiger partial charge >= 0.3 is 7.69 Å². The summed E-state index contributed by atoms with van der Waals surface area (Å²) in [6, 6.07) is 0. The van der Waals surface area contributed by atoms with E-state index in [1.54, 1.807) is 0 Å². The van der Waals surface area contributed by atoms with Gasteiger partial charge in [-0.15, -0.1) is 0 Å². The summed E-state index contributed by atoms with van der Waals surface area (Å²) in [5, 5.41) is 0. The monoisotopic (exact) mass is 129 g/mol. The van der Waals surface area contributed by atoms with Crippen LogP contribution >= 0.6 is 0 Å². The molecule has 0 rings (SSSR count). The van der Waals surface area contributed by atoms with Gasteiger partial charge in [0.2, 0.25) is 0 Å². The second kappa shape index (κ2) is 7.98. The zero-order valence-corrected chi connectivity index (χ0v) is 6.22. The topological polar surface area (TPSA) is 18.5 Å². The molecule has 0 amide bonds. The van der Waals surface area contributed by atoms with Crippen molar-refractivity contribution in [3.05, 3.63) is 0 Å². The van der Waals surface area contributed by atoms with Gasteiger partial charge in [-0.05, 0) is 12.8 Å². The van der Waals surface area contributed by atoms with E-state index in [1.807, 2.05) is 0 Å². The molecule has 0 heterocycles. The third-order valence-corrected chi connectivity index (χ3v) is 0.780. The fraction of sp³-hybridized carbons (Fsp3) is 1.00. The van der Waals surface area contributed by atoms with Crippen LogP contribution in [0.25, 0.3) is 0 Å². The highest BCUT2D eigenvalue weighted by atomic mass is 16.6. The van der Waals surface area contributed by atoms with Gasteiger partial charge in [-0.25, -0.2) is 0 Å². The first-order valence-electron chi connectivity index (χ1n) is 3.46. The van der Waals surface area contributed by atoms with E-state index in [9.17, 15) is 0 Å². The summed E-state index contributed by atoms with van der Waals surface area (Å²) in [5.41, 5.74) is 0. The molecule has 0 aliphatic rings. The van der Waals surface area contributed by atoms with Crippen molar-refractivity contribution in [2.75, 3.05) is 13.2 Å². The van der Waals surface area contributed by atoms with E-state index in [1.165, 1.54) is 7.69 Å². The van der Waals surface area contributed by atoms with Crippen molar-refractivity contribution in [3.8, 4) is 0 Å². The van der Waals surface area contributed by atoms with Crippen LogP contribution in [0.4, 0.5) is 0 Å². The summed E-state index contributed by atoms with van der Waals surface area (Å²) in [4.78, 5) is 0. The molecule has 0 bridgehead atoms. The Hall–Kier alpha value is -0.0151. The predicted molar refractivity (Wildman–Crippen MR) is 38.2 cm³/mol. The quantitative estimate of drug-likeness (QED) is 0.398. The van der Waals surface area contributed by atoms with Gasteiger partial charge < -0.3 is 9.31 Å². The Kier molecular flexibility index (Phi) is 7.97. The summed E-state index contributed by atoms with van der Waals surface area (Å²) in [7, 11) is 1.42. The van der Waals surface area contributed by atoms with Gasteiger partial charge in [-0.1, -0.05) is 13.8 Å². The van der Waals surface area contributed by atoms with Crippen LogP contribution in [0.1, 0.15) is 26.7 Å². The predicted octanol–water partition coefficient (Wildman–Crippen LogP) is 1.37. The molecule has 0 aromatic rings. The minimum absolute atomic E-state index is 0.754. The van der Waals surface area contributed by atoms with Crippen molar-refractivity contribution in [1.29, 1.82) is 0 Å². The molecule has 0 saturated heterocycles. The van der Waals surface area contributed by atoms with Gasteiger partial charge in [-0.2, -0.15) is 0 Å². The summed E-state index contributed by atoms with van der Waals surface area (Å²) >= 11 is 0. The summed E-state index contributed by atoms with van der Waals surface area (Å²) in [6.07, 6.45) is 2.07. The molecule has 0 aromatic carbocycles. The molecule has 2 nitrogen and oxygen atoms in total. The fourth-order valence-electron chi connectivity index (χ4n) is 0.380.